The van der Waals surface area contributed by atoms with Gasteiger partial charge < -0.3 is 5.11 Å². The standard InChI is InChI=1S/C15H21FO/c1-11-8-12(10-13(16)9-11)14(17)15(2)6-4-3-5-7-15/h8-10,14,17H,3-7H2,1-2H3. The minimum Gasteiger partial charge on any atom is -0.388 e. The minimum atomic E-state index is -0.544. The van der Waals surface area contributed by atoms with E-state index in [2.05, 4.69) is 6.92 Å². The molecule has 0 amide bonds. The fourth-order valence-corrected chi connectivity index (χ4v) is 2.96. The first-order valence-electron chi connectivity index (χ1n) is 6.46. The van der Waals surface area contributed by atoms with E-state index in [1.54, 1.807) is 0 Å². The molecule has 1 atom stereocenters. The third kappa shape index (κ3) is 2.68. The Morgan fingerprint density at radius 2 is 1.82 bits per heavy atom. The number of rotatable bonds is 2. The van der Waals surface area contributed by atoms with E-state index >= 15 is 0 Å². The zero-order chi connectivity index (χ0) is 12.5. The summed E-state index contributed by atoms with van der Waals surface area (Å²) < 4.78 is 13.4. The van der Waals surface area contributed by atoms with E-state index in [9.17, 15) is 9.50 Å². The molecule has 94 valence electrons. The van der Waals surface area contributed by atoms with Crippen LogP contribution in [0.2, 0.25) is 0 Å². The van der Waals surface area contributed by atoms with E-state index in [4.69, 9.17) is 0 Å². The van der Waals surface area contributed by atoms with Crippen molar-refractivity contribution >= 4 is 0 Å². The van der Waals surface area contributed by atoms with Crippen LogP contribution in [0.15, 0.2) is 18.2 Å². The average molecular weight is 236 g/mol. The van der Waals surface area contributed by atoms with Crippen molar-refractivity contribution in [2.75, 3.05) is 0 Å². The van der Waals surface area contributed by atoms with E-state index in [-0.39, 0.29) is 11.2 Å². The van der Waals surface area contributed by atoms with Crippen molar-refractivity contribution in [3.05, 3.63) is 35.1 Å². The Labute approximate surface area is 103 Å². The summed E-state index contributed by atoms with van der Waals surface area (Å²) in [7, 11) is 0. The van der Waals surface area contributed by atoms with Gasteiger partial charge in [0, 0.05) is 0 Å². The van der Waals surface area contributed by atoms with Crippen LogP contribution in [0.25, 0.3) is 0 Å². The number of aliphatic hydroxyl groups is 1. The molecule has 1 aromatic carbocycles. The summed E-state index contributed by atoms with van der Waals surface area (Å²) in [6.45, 7) is 3.99. The molecule has 0 heterocycles. The van der Waals surface area contributed by atoms with Gasteiger partial charge in [-0.25, -0.2) is 4.39 Å². The van der Waals surface area contributed by atoms with Crippen LogP contribution >= 0.6 is 0 Å². The number of hydrogen-bond donors (Lipinski definition) is 1. The molecule has 1 unspecified atom stereocenters. The van der Waals surface area contributed by atoms with Gasteiger partial charge in [0.1, 0.15) is 5.82 Å². The number of aryl methyl sites for hydroxylation is 1. The van der Waals surface area contributed by atoms with Crippen molar-refractivity contribution in [3.8, 4) is 0 Å². The molecule has 1 fully saturated rings. The summed E-state index contributed by atoms with van der Waals surface area (Å²) in [6, 6.07) is 4.87. The van der Waals surface area contributed by atoms with Crippen LogP contribution < -0.4 is 0 Å². The Morgan fingerprint density at radius 1 is 1.18 bits per heavy atom. The van der Waals surface area contributed by atoms with Crippen molar-refractivity contribution in [1.29, 1.82) is 0 Å². The highest BCUT2D eigenvalue weighted by Crippen LogP contribution is 2.45. The molecule has 2 heteroatoms. The van der Waals surface area contributed by atoms with Crippen molar-refractivity contribution in [2.24, 2.45) is 5.41 Å². The predicted molar refractivity (Wildman–Crippen MR) is 67.3 cm³/mol. The van der Waals surface area contributed by atoms with E-state index in [0.29, 0.717) is 0 Å². The maximum atomic E-state index is 13.4. The van der Waals surface area contributed by atoms with Crippen LogP contribution in [0.1, 0.15) is 56.3 Å². The highest BCUT2D eigenvalue weighted by Gasteiger charge is 2.35. The first-order chi connectivity index (χ1) is 8.01. The zero-order valence-corrected chi connectivity index (χ0v) is 10.7. The number of hydrogen-bond acceptors (Lipinski definition) is 1. The van der Waals surface area contributed by atoms with Gasteiger partial charge in [-0.15, -0.1) is 0 Å². The second kappa shape index (κ2) is 4.77. The maximum Gasteiger partial charge on any atom is 0.123 e. The van der Waals surface area contributed by atoms with E-state index in [1.165, 1.54) is 31.4 Å². The van der Waals surface area contributed by atoms with Crippen LogP contribution in [-0.4, -0.2) is 5.11 Å². The molecule has 0 bridgehead atoms. The average Bonchev–Trinajstić information content (AvgIpc) is 2.27. The van der Waals surface area contributed by atoms with Gasteiger partial charge in [-0.2, -0.15) is 0 Å². The fourth-order valence-electron chi connectivity index (χ4n) is 2.96. The molecular weight excluding hydrogens is 215 g/mol. The molecular formula is C15H21FO. The highest BCUT2D eigenvalue weighted by atomic mass is 19.1. The quantitative estimate of drug-likeness (QED) is 0.818. The van der Waals surface area contributed by atoms with E-state index < -0.39 is 6.10 Å². The lowest BCUT2D eigenvalue weighted by Gasteiger charge is -2.38. The van der Waals surface area contributed by atoms with Crippen LogP contribution in [0.5, 0.6) is 0 Å². The SMILES string of the molecule is Cc1cc(F)cc(C(O)C2(C)CCCCC2)c1. The van der Waals surface area contributed by atoms with Crippen LogP contribution in [0.3, 0.4) is 0 Å². The van der Waals surface area contributed by atoms with Gasteiger partial charge in [-0.1, -0.05) is 32.3 Å². The van der Waals surface area contributed by atoms with Gasteiger partial charge >= 0.3 is 0 Å². The molecule has 1 N–H and O–H groups in total. The minimum absolute atomic E-state index is 0.0848. The molecule has 0 radical (unpaired) electrons. The van der Waals surface area contributed by atoms with Gasteiger partial charge in [-0.05, 0) is 48.4 Å². The normalized spacial score (nSPS) is 21.2. The third-order valence-corrected chi connectivity index (χ3v) is 4.04. The molecule has 1 saturated carbocycles. The zero-order valence-electron chi connectivity index (χ0n) is 10.7. The second-order valence-corrected chi connectivity index (χ2v) is 5.68. The predicted octanol–water partition coefficient (Wildman–Crippen LogP) is 4.14. The first-order valence-corrected chi connectivity index (χ1v) is 6.46. The fraction of sp³-hybridized carbons (Fsp3) is 0.600. The van der Waals surface area contributed by atoms with Crippen molar-refractivity contribution in [3.63, 3.8) is 0 Å². The summed E-state index contributed by atoms with van der Waals surface area (Å²) in [6.07, 6.45) is 5.11. The van der Waals surface area contributed by atoms with Crippen LogP contribution in [-0.2, 0) is 0 Å². The maximum absolute atomic E-state index is 13.4. The van der Waals surface area contributed by atoms with Crippen molar-refractivity contribution < 1.29 is 9.50 Å². The third-order valence-electron chi connectivity index (χ3n) is 4.04. The summed E-state index contributed by atoms with van der Waals surface area (Å²) >= 11 is 0. The Hall–Kier alpha value is -0.890. The lowest BCUT2D eigenvalue weighted by Crippen LogP contribution is -2.28. The van der Waals surface area contributed by atoms with E-state index in [0.717, 1.165) is 24.0 Å². The monoisotopic (exact) mass is 236 g/mol. The topological polar surface area (TPSA) is 20.2 Å². The van der Waals surface area contributed by atoms with Crippen molar-refractivity contribution in [2.45, 2.75) is 52.1 Å². The molecule has 0 saturated heterocycles. The highest BCUT2D eigenvalue weighted by molar-refractivity contribution is 5.26. The summed E-state index contributed by atoms with van der Waals surface area (Å²) in [5.74, 6) is -0.251. The van der Waals surface area contributed by atoms with Crippen LogP contribution in [0, 0.1) is 18.2 Å². The second-order valence-electron chi connectivity index (χ2n) is 5.68. The molecule has 1 nitrogen and oxygen atoms in total. The van der Waals surface area contributed by atoms with Gasteiger partial charge in [0.05, 0.1) is 6.10 Å². The van der Waals surface area contributed by atoms with Crippen molar-refractivity contribution in [1.82, 2.24) is 0 Å². The van der Waals surface area contributed by atoms with E-state index in [1.807, 2.05) is 13.0 Å². The molecule has 1 aromatic rings. The van der Waals surface area contributed by atoms with Gasteiger partial charge in [-0.3, -0.25) is 0 Å². The van der Waals surface area contributed by atoms with Gasteiger partial charge in [0.25, 0.3) is 0 Å². The molecule has 0 aromatic heterocycles. The number of aliphatic hydroxyl groups excluding tert-OH is 1. The molecule has 2 rings (SSSR count). The van der Waals surface area contributed by atoms with Gasteiger partial charge in [0.2, 0.25) is 0 Å². The Kier molecular flexibility index (Phi) is 3.53. The molecule has 0 aliphatic heterocycles. The summed E-state index contributed by atoms with van der Waals surface area (Å²) in [5, 5.41) is 10.5. The summed E-state index contributed by atoms with van der Waals surface area (Å²) in [4.78, 5) is 0. The lowest BCUT2D eigenvalue weighted by atomic mass is 9.70. The van der Waals surface area contributed by atoms with Crippen LogP contribution in [0.4, 0.5) is 4.39 Å². The Morgan fingerprint density at radius 3 is 2.41 bits per heavy atom. The Bertz CT molecular complexity index is 374. The molecule has 1 aliphatic carbocycles. The largest absolute Gasteiger partial charge is 0.388 e. The molecule has 0 spiro atoms. The number of benzene rings is 1. The first kappa shape index (κ1) is 12.6. The Balaban J connectivity index is 2.26. The summed E-state index contributed by atoms with van der Waals surface area (Å²) in [5.41, 5.74) is 1.52. The molecule has 1 aliphatic rings. The van der Waals surface area contributed by atoms with Gasteiger partial charge in [0.15, 0.2) is 0 Å². The smallest absolute Gasteiger partial charge is 0.123 e. The molecule has 17 heavy (non-hydrogen) atoms. The number of halogens is 1. The lowest BCUT2D eigenvalue weighted by molar-refractivity contribution is 0.00797.